The lowest BCUT2D eigenvalue weighted by Gasteiger charge is -2.05. The Kier molecular flexibility index (Phi) is 6.44. The first-order valence-electron chi connectivity index (χ1n) is 7.80. The number of Topliss-reactive ketones (excluding diaryl/α,β-unsaturated/α-hetero) is 2. The average Bonchev–Trinajstić information content (AvgIpc) is 2.61. The molecule has 0 amide bonds. The largest absolute Gasteiger partial charge is 0.299 e. The fourth-order valence-electron chi connectivity index (χ4n) is 2.27. The van der Waals surface area contributed by atoms with Crippen LogP contribution in [0.15, 0.2) is 70.5 Å². The summed E-state index contributed by atoms with van der Waals surface area (Å²) in [4.78, 5) is 23.8. The van der Waals surface area contributed by atoms with Gasteiger partial charge in [0.25, 0.3) is 0 Å². The van der Waals surface area contributed by atoms with Crippen LogP contribution in [0.4, 0.5) is 0 Å². The Labute approximate surface area is 152 Å². The second-order valence-corrected chi connectivity index (χ2v) is 9.70. The maximum atomic E-state index is 12.1. The third kappa shape index (κ3) is 5.60. The van der Waals surface area contributed by atoms with E-state index < -0.39 is 42.7 Å². The number of sulfone groups is 2. The lowest BCUT2D eigenvalue weighted by Crippen LogP contribution is -2.20. The maximum Gasteiger partial charge on any atom is 0.185 e. The van der Waals surface area contributed by atoms with Gasteiger partial charge in [0.1, 0.15) is 23.1 Å². The maximum absolute atomic E-state index is 12.1. The van der Waals surface area contributed by atoms with Gasteiger partial charge in [0.05, 0.1) is 9.79 Å². The molecule has 6 nitrogen and oxygen atoms in total. The normalized spacial score (nSPS) is 11.8. The first-order valence-corrected chi connectivity index (χ1v) is 11.1. The van der Waals surface area contributed by atoms with Crippen molar-refractivity contribution >= 4 is 31.2 Å². The molecule has 0 atom stereocenters. The van der Waals surface area contributed by atoms with Gasteiger partial charge in [0.2, 0.25) is 0 Å². The zero-order valence-electron chi connectivity index (χ0n) is 13.9. The van der Waals surface area contributed by atoms with Crippen molar-refractivity contribution in [1.29, 1.82) is 0 Å². The fourth-order valence-corrected chi connectivity index (χ4v) is 4.88. The van der Waals surface area contributed by atoms with Gasteiger partial charge in [-0.05, 0) is 24.3 Å². The molecule has 0 saturated carbocycles. The van der Waals surface area contributed by atoms with Crippen molar-refractivity contribution in [1.82, 2.24) is 0 Å². The molecule has 26 heavy (non-hydrogen) atoms. The van der Waals surface area contributed by atoms with Crippen LogP contribution in [0.1, 0.15) is 12.8 Å². The van der Waals surface area contributed by atoms with Crippen molar-refractivity contribution in [2.24, 2.45) is 0 Å². The quantitative estimate of drug-likeness (QED) is 0.643. The zero-order valence-corrected chi connectivity index (χ0v) is 15.5. The van der Waals surface area contributed by atoms with Crippen LogP contribution in [-0.4, -0.2) is 39.9 Å². The molecule has 0 aromatic heterocycles. The van der Waals surface area contributed by atoms with E-state index >= 15 is 0 Å². The summed E-state index contributed by atoms with van der Waals surface area (Å²) in [6, 6.07) is 15.1. The van der Waals surface area contributed by atoms with E-state index in [1.54, 1.807) is 36.4 Å². The van der Waals surface area contributed by atoms with Gasteiger partial charge in [0.15, 0.2) is 19.7 Å². The minimum Gasteiger partial charge on any atom is -0.299 e. The van der Waals surface area contributed by atoms with Gasteiger partial charge in [-0.25, -0.2) is 16.8 Å². The molecule has 138 valence electrons. The summed E-state index contributed by atoms with van der Waals surface area (Å²) in [7, 11) is -7.53. The molecule has 0 bridgehead atoms. The van der Waals surface area contributed by atoms with Crippen molar-refractivity contribution in [3.05, 3.63) is 60.7 Å². The smallest absolute Gasteiger partial charge is 0.185 e. The monoisotopic (exact) mass is 394 g/mol. The average molecular weight is 394 g/mol. The topological polar surface area (TPSA) is 102 Å². The molecule has 0 N–H and O–H groups in total. The predicted octanol–water partition coefficient (Wildman–Crippen LogP) is 1.85. The summed E-state index contributed by atoms with van der Waals surface area (Å²) in [5.41, 5.74) is 0. The van der Waals surface area contributed by atoms with E-state index in [1.165, 1.54) is 24.3 Å². The molecule has 2 aromatic carbocycles. The van der Waals surface area contributed by atoms with E-state index in [2.05, 4.69) is 0 Å². The van der Waals surface area contributed by atoms with Gasteiger partial charge in [-0.1, -0.05) is 36.4 Å². The SMILES string of the molecule is O=C(CCC(=O)CS(=O)(=O)c1ccccc1)CS(=O)(=O)c1ccccc1. The number of hydrogen-bond donors (Lipinski definition) is 0. The molecule has 2 rings (SSSR count). The molecule has 0 saturated heterocycles. The molecule has 0 spiro atoms. The molecule has 2 aromatic rings. The Morgan fingerprint density at radius 3 is 1.19 bits per heavy atom. The van der Waals surface area contributed by atoms with Crippen LogP contribution >= 0.6 is 0 Å². The standard InChI is InChI=1S/C18H18O6S2/c19-15(13-25(21,22)17-7-3-1-4-8-17)11-12-16(20)14-26(23,24)18-9-5-2-6-10-18/h1-10H,11-14H2. The number of benzene rings is 2. The van der Waals surface area contributed by atoms with Crippen molar-refractivity contribution in [3.63, 3.8) is 0 Å². The lowest BCUT2D eigenvalue weighted by atomic mass is 10.2. The number of carbonyl (C=O) groups excluding carboxylic acids is 2. The van der Waals surface area contributed by atoms with Crippen LogP contribution in [0.2, 0.25) is 0 Å². The summed E-state index contributed by atoms with van der Waals surface area (Å²) in [5, 5.41) is 0. The van der Waals surface area contributed by atoms with Gasteiger partial charge in [-0.2, -0.15) is 0 Å². The zero-order chi connectivity index (χ0) is 19.2. The highest BCUT2D eigenvalue weighted by atomic mass is 32.2. The van der Waals surface area contributed by atoms with Crippen LogP contribution in [0.5, 0.6) is 0 Å². The number of hydrogen-bond acceptors (Lipinski definition) is 6. The summed E-state index contributed by atoms with van der Waals surface area (Å²) in [6.45, 7) is 0. The summed E-state index contributed by atoms with van der Waals surface area (Å²) < 4.78 is 48.4. The Hall–Kier alpha value is -2.32. The highest BCUT2D eigenvalue weighted by molar-refractivity contribution is 7.92. The van der Waals surface area contributed by atoms with Gasteiger partial charge >= 0.3 is 0 Å². The Morgan fingerprint density at radius 1 is 0.577 bits per heavy atom. The third-order valence-electron chi connectivity index (χ3n) is 3.59. The Balaban J connectivity index is 1.90. The molecule has 0 unspecified atom stereocenters. The molecule has 0 heterocycles. The molecule has 8 heteroatoms. The Morgan fingerprint density at radius 2 is 0.885 bits per heavy atom. The van der Waals surface area contributed by atoms with Crippen LogP contribution in [-0.2, 0) is 29.3 Å². The van der Waals surface area contributed by atoms with Gasteiger partial charge in [-0.3, -0.25) is 9.59 Å². The van der Waals surface area contributed by atoms with Gasteiger partial charge in [0, 0.05) is 12.8 Å². The Bertz CT molecular complexity index is 895. The van der Waals surface area contributed by atoms with Crippen molar-refractivity contribution in [2.75, 3.05) is 11.5 Å². The summed E-state index contributed by atoms with van der Waals surface area (Å²) in [6.07, 6.45) is -0.621. The predicted molar refractivity (Wildman–Crippen MR) is 96.2 cm³/mol. The van der Waals surface area contributed by atoms with Crippen molar-refractivity contribution in [2.45, 2.75) is 22.6 Å². The minimum absolute atomic E-state index is 0.0336. The molecule has 0 aliphatic carbocycles. The molecule has 0 radical (unpaired) electrons. The highest BCUT2D eigenvalue weighted by Crippen LogP contribution is 2.13. The second kappa shape index (κ2) is 8.37. The summed E-state index contributed by atoms with van der Waals surface area (Å²) in [5.74, 6) is -2.68. The molecule has 0 aliphatic rings. The highest BCUT2D eigenvalue weighted by Gasteiger charge is 2.22. The van der Waals surface area contributed by atoms with E-state index in [0.717, 1.165) is 0 Å². The molecular weight excluding hydrogens is 376 g/mol. The van der Waals surface area contributed by atoms with E-state index in [1.807, 2.05) is 0 Å². The van der Waals surface area contributed by atoms with Crippen molar-refractivity contribution in [3.8, 4) is 0 Å². The van der Waals surface area contributed by atoms with Crippen molar-refractivity contribution < 1.29 is 26.4 Å². The molecular formula is C18H18O6S2. The number of carbonyl (C=O) groups is 2. The fraction of sp³-hybridized carbons (Fsp3) is 0.222. The molecule has 0 aliphatic heterocycles. The van der Waals surface area contributed by atoms with Crippen LogP contribution in [0.25, 0.3) is 0 Å². The lowest BCUT2D eigenvalue weighted by molar-refractivity contribution is -0.121. The van der Waals surface area contributed by atoms with E-state index in [-0.39, 0.29) is 22.6 Å². The third-order valence-corrected chi connectivity index (χ3v) is 6.97. The van der Waals surface area contributed by atoms with Crippen LogP contribution in [0, 0.1) is 0 Å². The molecule has 0 fully saturated rings. The first kappa shape index (κ1) is 20.0. The van der Waals surface area contributed by atoms with E-state index in [9.17, 15) is 26.4 Å². The number of rotatable bonds is 9. The summed E-state index contributed by atoms with van der Waals surface area (Å²) >= 11 is 0. The van der Waals surface area contributed by atoms with Crippen LogP contribution in [0.3, 0.4) is 0 Å². The minimum atomic E-state index is -3.76. The first-order chi connectivity index (χ1) is 12.2. The van der Waals surface area contributed by atoms with Crippen LogP contribution < -0.4 is 0 Å². The van der Waals surface area contributed by atoms with E-state index in [0.29, 0.717) is 0 Å². The second-order valence-electron chi connectivity index (χ2n) is 5.72. The van der Waals surface area contributed by atoms with Gasteiger partial charge in [-0.15, -0.1) is 0 Å². The van der Waals surface area contributed by atoms with Gasteiger partial charge < -0.3 is 0 Å². The number of ketones is 2. The van der Waals surface area contributed by atoms with E-state index in [4.69, 9.17) is 0 Å².